The van der Waals surface area contributed by atoms with E-state index in [1.807, 2.05) is 24.0 Å². The number of amides is 1. The average Bonchev–Trinajstić information content (AvgIpc) is 3.12. The van der Waals surface area contributed by atoms with Crippen molar-refractivity contribution in [3.05, 3.63) is 59.5 Å². The first-order valence-corrected chi connectivity index (χ1v) is 9.47. The maximum atomic E-state index is 12.5. The third-order valence-corrected chi connectivity index (χ3v) is 4.37. The Morgan fingerprint density at radius 1 is 1.22 bits per heavy atom. The molecule has 0 saturated heterocycles. The van der Waals surface area contributed by atoms with Crippen LogP contribution in [0.4, 0.5) is 0 Å². The van der Waals surface area contributed by atoms with Crippen LogP contribution in [0.3, 0.4) is 0 Å². The molecule has 1 unspecified atom stereocenters. The number of hydrogen-bond acceptors (Lipinski definition) is 4. The maximum absolute atomic E-state index is 12.5. The number of rotatable bonds is 10. The summed E-state index contributed by atoms with van der Waals surface area (Å²) in [6.45, 7) is 7.68. The molecule has 2 rings (SSSR count). The Balaban J connectivity index is 1.90. The Hall–Kier alpha value is -2.58. The summed E-state index contributed by atoms with van der Waals surface area (Å²) in [6.07, 6.45) is 3.05. The van der Waals surface area contributed by atoms with Gasteiger partial charge in [-0.3, -0.25) is 9.69 Å². The number of carbonyl (C=O) groups is 1. The minimum atomic E-state index is -0.0629. The molecule has 0 aliphatic rings. The van der Waals surface area contributed by atoms with Gasteiger partial charge in [-0.2, -0.15) is 5.26 Å². The van der Waals surface area contributed by atoms with E-state index in [2.05, 4.69) is 49.5 Å². The second kappa shape index (κ2) is 10.5. The Kier molecular flexibility index (Phi) is 8.09. The summed E-state index contributed by atoms with van der Waals surface area (Å²) in [5, 5.41) is 11.9. The van der Waals surface area contributed by atoms with E-state index >= 15 is 0 Å². The van der Waals surface area contributed by atoms with Crippen LogP contribution in [0.25, 0.3) is 0 Å². The number of hydrogen-bond donors (Lipinski definition) is 1. The van der Waals surface area contributed by atoms with E-state index in [0.717, 1.165) is 17.7 Å². The Labute approximate surface area is 162 Å². The van der Waals surface area contributed by atoms with Gasteiger partial charge in [0.05, 0.1) is 31.5 Å². The predicted octanol–water partition coefficient (Wildman–Crippen LogP) is 4.07. The molecule has 0 radical (unpaired) electrons. The van der Waals surface area contributed by atoms with Crippen LogP contribution >= 0.6 is 0 Å². The maximum Gasteiger partial charge on any atom is 0.234 e. The van der Waals surface area contributed by atoms with Gasteiger partial charge in [-0.05, 0) is 42.5 Å². The third-order valence-electron chi connectivity index (χ3n) is 4.37. The van der Waals surface area contributed by atoms with Crippen molar-refractivity contribution in [3.63, 3.8) is 0 Å². The van der Waals surface area contributed by atoms with Crippen LogP contribution < -0.4 is 5.32 Å². The standard InChI is InChI=1S/C22H29N3O2/c1-17(2)14-19-7-9-20(10-8-19)18(3)24-22(26)16-25(12-5-11-23)15-21-6-4-13-27-21/h4,6-10,13,17-18H,5,12,14-16H2,1-3H3,(H,24,26). The number of nitriles is 1. The summed E-state index contributed by atoms with van der Waals surface area (Å²) in [5.74, 6) is 1.36. The fourth-order valence-electron chi connectivity index (χ4n) is 3.03. The molecule has 0 fully saturated rings. The predicted molar refractivity (Wildman–Crippen MR) is 106 cm³/mol. The van der Waals surface area contributed by atoms with E-state index in [0.29, 0.717) is 25.4 Å². The fraction of sp³-hybridized carbons (Fsp3) is 0.455. The van der Waals surface area contributed by atoms with E-state index in [-0.39, 0.29) is 18.5 Å². The molecule has 0 bridgehead atoms. The lowest BCUT2D eigenvalue weighted by atomic mass is 10.00. The summed E-state index contributed by atoms with van der Waals surface area (Å²) in [5.41, 5.74) is 2.40. The van der Waals surface area contributed by atoms with Gasteiger partial charge in [0.1, 0.15) is 5.76 Å². The van der Waals surface area contributed by atoms with Crippen molar-refractivity contribution in [3.8, 4) is 6.07 Å². The second-order valence-electron chi connectivity index (χ2n) is 7.33. The van der Waals surface area contributed by atoms with Crippen molar-refractivity contribution >= 4 is 5.91 Å². The molecule has 144 valence electrons. The Bertz CT molecular complexity index is 730. The molecule has 27 heavy (non-hydrogen) atoms. The zero-order valence-electron chi connectivity index (χ0n) is 16.4. The molecule has 1 heterocycles. The number of nitrogens with one attached hydrogen (secondary N) is 1. The van der Waals surface area contributed by atoms with Gasteiger partial charge in [0.15, 0.2) is 0 Å². The van der Waals surface area contributed by atoms with Crippen LogP contribution in [-0.4, -0.2) is 23.9 Å². The molecule has 1 amide bonds. The first kappa shape index (κ1) is 20.7. The van der Waals surface area contributed by atoms with Crippen molar-refractivity contribution < 1.29 is 9.21 Å². The van der Waals surface area contributed by atoms with Crippen LogP contribution in [0.5, 0.6) is 0 Å². The number of benzene rings is 1. The molecule has 1 atom stereocenters. The lowest BCUT2D eigenvalue weighted by Crippen LogP contribution is -2.38. The van der Waals surface area contributed by atoms with Crippen LogP contribution in [-0.2, 0) is 17.8 Å². The van der Waals surface area contributed by atoms with E-state index in [9.17, 15) is 4.79 Å². The smallest absolute Gasteiger partial charge is 0.234 e. The zero-order valence-corrected chi connectivity index (χ0v) is 16.4. The highest BCUT2D eigenvalue weighted by molar-refractivity contribution is 5.78. The highest BCUT2D eigenvalue weighted by Gasteiger charge is 2.15. The molecule has 0 saturated carbocycles. The molecule has 0 aliphatic heterocycles. The Morgan fingerprint density at radius 2 is 1.96 bits per heavy atom. The van der Waals surface area contributed by atoms with Crippen molar-refractivity contribution in [1.29, 1.82) is 5.26 Å². The van der Waals surface area contributed by atoms with Crippen LogP contribution in [0.1, 0.15) is 50.1 Å². The monoisotopic (exact) mass is 367 g/mol. The van der Waals surface area contributed by atoms with E-state index in [1.165, 1.54) is 5.56 Å². The number of nitrogens with zero attached hydrogens (tertiary/aromatic N) is 2. The molecule has 2 aromatic rings. The zero-order chi connectivity index (χ0) is 19.6. The number of carbonyl (C=O) groups excluding carboxylic acids is 1. The summed E-state index contributed by atoms with van der Waals surface area (Å²) in [6, 6.07) is 14.2. The van der Waals surface area contributed by atoms with Gasteiger partial charge in [0.25, 0.3) is 0 Å². The topological polar surface area (TPSA) is 69.3 Å². The van der Waals surface area contributed by atoms with Gasteiger partial charge in [0, 0.05) is 13.0 Å². The molecule has 5 nitrogen and oxygen atoms in total. The highest BCUT2D eigenvalue weighted by atomic mass is 16.3. The van der Waals surface area contributed by atoms with Crippen molar-refractivity contribution in [2.24, 2.45) is 5.92 Å². The lowest BCUT2D eigenvalue weighted by Gasteiger charge is -2.21. The molecule has 1 aromatic carbocycles. The summed E-state index contributed by atoms with van der Waals surface area (Å²) in [4.78, 5) is 14.4. The van der Waals surface area contributed by atoms with Gasteiger partial charge >= 0.3 is 0 Å². The van der Waals surface area contributed by atoms with Gasteiger partial charge in [-0.15, -0.1) is 0 Å². The van der Waals surface area contributed by atoms with E-state index in [1.54, 1.807) is 6.26 Å². The van der Waals surface area contributed by atoms with Crippen molar-refractivity contribution in [1.82, 2.24) is 10.2 Å². The van der Waals surface area contributed by atoms with Crippen LogP contribution in [0.2, 0.25) is 0 Å². The third kappa shape index (κ3) is 7.28. The summed E-state index contributed by atoms with van der Waals surface area (Å²) >= 11 is 0. The lowest BCUT2D eigenvalue weighted by molar-refractivity contribution is -0.123. The molecule has 1 aromatic heterocycles. The molecule has 0 spiro atoms. The highest BCUT2D eigenvalue weighted by Crippen LogP contribution is 2.16. The average molecular weight is 367 g/mol. The SMILES string of the molecule is CC(C)Cc1ccc(C(C)NC(=O)CN(CCC#N)Cc2ccco2)cc1. The molecular formula is C22H29N3O2. The van der Waals surface area contributed by atoms with Gasteiger partial charge in [0.2, 0.25) is 5.91 Å². The summed E-state index contributed by atoms with van der Waals surface area (Å²) in [7, 11) is 0. The van der Waals surface area contributed by atoms with Crippen molar-refractivity contribution in [2.45, 2.75) is 46.2 Å². The van der Waals surface area contributed by atoms with E-state index in [4.69, 9.17) is 9.68 Å². The first-order chi connectivity index (χ1) is 13.0. The van der Waals surface area contributed by atoms with Crippen LogP contribution in [0, 0.1) is 17.2 Å². The van der Waals surface area contributed by atoms with Gasteiger partial charge in [-0.1, -0.05) is 38.1 Å². The van der Waals surface area contributed by atoms with Crippen LogP contribution in [0.15, 0.2) is 47.1 Å². The normalized spacial score (nSPS) is 12.1. The molecule has 1 N–H and O–H groups in total. The summed E-state index contributed by atoms with van der Waals surface area (Å²) < 4.78 is 5.36. The minimum Gasteiger partial charge on any atom is -0.468 e. The number of furan rings is 1. The quantitative estimate of drug-likeness (QED) is 0.687. The molecule has 5 heteroatoms. The fourth-order valence-corrected chi connectivity index (χ4v) is 3.03. The molecule has 0 aliphatic carbocycles. The van der Waals surface area contributed by atoms with Gasteiger partial charge < -0.3 is 9.73 Å². The van der Waals surface area contributed by atoms with E-state index < -0.39 is 0 Å². The minimum absolute atomic E-state index is 0.0572. The largest absolute Gasteiger partial charge is 0.468 e. The second-order valence-corrected chi connectivity index (χ2v) is 7.33. The molecular weight excluding hydrogens is 338 g/mol. The first-order valence-electron chi connectivity index (χ1n) is 9.47. The Morgan fingerprint density at radius 3 is 2.56 bits per heavy atom. The van der Waals surface area contributed by atoms with Gasteiger partial charge in [-0.25, -0.2) is 0 Å². The van der Waals surface area contributed by atoms with Crippen molar-refractivity contribution in [2.75, 3.05) is 13.1 Å².